The number of carbonyl (C=O) groups excluding carboxylic acids is 1. The zero-order chi connectivity index (χ0) is 17.6. The first-order valence-electron chi connectivity index (χ1n) is 8.55. The molecular formula is C19H23ClN4O. The van der Waals surface area contributed by atoms with Gasteiger partial charge in [0.1, 0.15) is 5.82 Å². The maximum atomic E-state index is 12.3. The Labute approximate surface area is 153 Å². The average Bonchev–Trinajstić information content (AvgIpc) is 3.16. The van der Waals surface area contributed by atoms with Crippen molar-refractivity contribution in [2.45, 2.75) is 25.9 Å². The van der Waals surface area contributed by atoms with Crippen LogP contribution >= 0.6 is 11.6 Å². The van der Waals surface area contributed by atoms with Crippen molar-refractivity contribution in [1.29, 1.82) is 0 Å². The summed E-state index contributed by atoms with van der Waals surface area (Å²) < 4.78 is 0. The van der Waals surface area contributed by atoms with Crippen LogP contribution in [0, 0.1) is 0 Å². The van der Waals surface area contributed by atoms with Crippen LogP contribution in [0.3, 0.4) is 0 Å². The topological polar surface area (TPSA) is 48.5 Å². The maximum absolute atomic E-state index is 12.3. The molecule has 132 valence electrons. The molecule has 1 aromatic heterocycles. The summed E-state index contributed by atoms with van der Waals surface area (Å²) in [6, 6.07) is 11.4. The van der Waals surface area contributed by atoms with E-state index in [2.05, 4.69) is 21.3 Å². The number of nitrogens with one attached hydrogen (secondary N) is 1. The highest BCUT2D eigenvalue weighted by atomic mass is 35.5. The zero-order valence-electron chi connectivity index (χ0n) is 14.4. The van der Waals surface area contributed by atoms with E-state index in [4.69, 9.17) is 11.6 Å². The number of amides is 2. The maximum Gasteiger partial charge on any atom is 0.317 e. The Bertz CT molecular complexity index is 714. The van der Waals surface area contributed by atoms with Crippen LogP contribution in [0.2, 0.25) is 5.02 Å². The summed E-state index contributed by atoms with van der Waals surface area (Å²) in [5.74, 6) is 0.999. The first kappa shape index (κ1) is 17.5. The molecule has 1 aliphatic heterocycles. The smallest absolute Gasteiger partial charge is 0.317 e. The number of aromatic nitrogens is 1. The van der Waals surface area contributed by atoms with Crippen LogP contribution in [0.5, 0.6) is 0 Å². The van der Waals surface area contributed by atoms with Crippen molar-refractivity contribution in [2.75, 3.05) is 25.0 Å². The molecule has 3 rings (SSSR count). The van der Waals surface area contributed by atoms with Crippen molar-refractivity contribution in [3.63, 3.8) is 0 Å². The highest BCUT2D eigenvalue weighted by Crippen LogP contribution is 2.18. The third kappa shape index (κ3) is 4.86. The Morgan fingerprint density at radius 3 is 2.64 bits per heavy atom. The Morgan fingerprint density at radius 1 is 1.20 bits per heavy atom. The second kappa shape index (κ2) is 8.21. The summed E-state index contributed by atoms with van der Waals surface area (Å²) in [4.78, 5) is 20.7. The van der Waals surface area contributed by atoms with Gasteiger partial charge in [-0.2, -0.15) is 0 Å². The number of benzene rings is 1. The first-order chi connectivity index (χ1) is 12.1. The van der Waals surface area contributed by atoms with E-state index in [1.54, 1.807) is 11.9 Å². The number of halogens is 1. The number of pyridine rings is 1. The molecule has 0 radical (unpaired) electrons. The van der Waals surface area contributed by atoms with Crippen LogP contribution in [-0.4, -0.2) is 36.1 Å². The van der Waals surface area contributed by atoms with Crippen molar-refractivity contribution in [3.8, 4) is 0 Å². The van der Waals surface area contributed by atoms with E-state index in [0.717, 1.165) is 30.0 Å². The lowest BCUT2D eigenvalue weighted by Crippen LogP contribution is -2.36. The third-order valence-electron chi connectivity index (χ3n) is 4.36. The quantitative estimate of drug-likeness (QED) is 0.887. The fourth-order valence-corrected chi connectivity index (χ4v) is 3.06. The Balaban J connectivity index is 1.52. The highest BCUT2D eigenvalue weighted by molar-refractivity contribution is 6.30. The zero-order valence-corrected chi connectivity index (χ0v) is 15.2. The number of anilines is 1. The molecule has 0 saturated carbocycles. The van der Waals surface area contributed by atoms with Crippen molar-refractivity contribution < 1.29 is 4.79 Å². The SMILES string of the molecule is CN(Cc1ccc(Cl)cc1)C(=O)NCc1ccnc(N2CCCC2)c1. The van der Waals surface area contributed by atoms with E-state index in [1.165, 1.54) is 12.8 Å². The van der Waals surface area contributed by atoms with Gasteiger partial charge in [0.15, 0.2) is 0 Å². The van der Waals surface area contributed by atoms with Gasteiger partial charge in [-0.1, -0.05) is 23.7 Å². The molecule has 25 heavy (non-hydrogen) atoms. The van der Waals surface area contributed by atoms with Crippen LogP contribution in [0.1, 0.15) is 24.0 Å². The Morgan fingerprint density at radius 2 is 1.92 bits per heavy atom. The molecule has 1 N–H and O–H groups in total. The molecule has 0 atom stereocenters. The molecule has 0 spiro atoms. The van der Waals surface area contributed by atoms with Crippen molar-refractivity contribution in [3.05, 3.63) is 58.7 Å². The Kier molecular flexibility index (Phi) is 5.76. The van der Waals surface area contributed by atoms with E-state index in [-0.39, 0.29) is 6.03 Å². The summed E-state index contributed by atoms with van der Waals surface area (Å²) in [5, 5.41) is 3.66. The molecule has 0 bridgehead atoms. The predicted molar refractivity (Wildman–Crippen MR) is 101 cm³/mol. The van der Waals surface area contributed by atoms with Crippen LogP contribution in [-0.2, 0) is 13.1 Å². The minimum Gasteiger partial charge on any atom is -0.357 e. The van der Waals surface area contributed by atoms with Gasteiger partial charge in [0.25, 0.3) is 0 Å². The first-order valence-corrected chi connectivity index (χ1v) is 8.93. The average molecular weight is 359 g/mol. The minimum atomic E-state index is -0.102. The molecule has 2 heterocycles. The summed E-state index contributed by atoms with van der Waals surface area (Å²) in [6.45, 7) is 3.16. The molecule has 0 aliphatic carbocycles. The van der Waals surface area contributed by atoms with Crippen molar-refractivity contribution >= 4 is 23.4 Å². The molecule has 2 aromatic rings. The molecule has 1 aromatic carbocycles. The van der Waals surface area contributed by atoms with E-state index in [1.807, 2.05) is 36.5 Å². The Hall–Kier alpha value is -2.27. The summed E-state index contributed by atoms with van der Waals surface area (Å²) in [6.07, 6.45) is 4.25. The second-order valence-electron chi connectivity index (χ2n) is 6.36. The monoisotopic (exact) mass is 358 g/mol. The molecule has 5 nitrogen and oxygen atoms in total. The van der Waals surface area contributed by atoms with Gasteiger partial charge in [-0.05, 0) is 48.2 Å². The van der Waals surface area contributed by atoms with Crippen LogP contribution in [0.4, 0.5) is 10.6 Å². The van der Waals surface area contributed by atoms with E-state index >= 15 is 0 Å². The molecule has 0 unspecified atom stereocenters. The minimum absolute atomic E-state index is 0.102. The fraction of sp³-hybridized carbons (Fsp3) is 0.368. The summed E-state index contributed by atoms with van der Waals surface area (Å²) >= 11 is 5.89. The van der Waals surface area contributed by atoms with Gasteiger partial charge in [0, 0.05) is 44.4 Å². The van der Waals surface area contributed by atoms with Crippen LogP contribution < -0.4 is 10.2 Å². The molecule has 2 amide bonds. The lowest BCUT2D eigenvalue weighted by molar-refractivity contribution is 0.206. The summed E-state index contributed by atoms with van der Waals surface area (Å²) in [5.41, 5.74) is 2.10. The molecule has 1 fully saturated rings. The molecule has 1 aliphatic rings. The highest BCUT2D eigenvalue weighted by Gasteiger charge is 2.14. The standard InChI is InChI=1S/C19H23ClN4O/c1-23(14-15-4-6-17(20)7-5-15)19(25)22-13-16-8-9-21-18(12-16)24-10-2-3-11-24/h4-9,12H,2-3,10-11,13-14H2,1H3,(H,22,25). The van der Waals surface area contributed by atoms with Gasteiger partial charge in [0.2, 0.25) is 0 Å². The lowest BCUT2D eigenvalue weighted by atomic mass is 10.2. The lowest BCUT2D eigenvalue weighted by Gasteiger charge is -2.19. The van der Waals surface area contributed by atoms with Crippen LogP contribution in [0.25, 0.3) is 0 Å². The molecule has 6 heteroatoms. The summed E-state index contributed by atoms with van der Waals surface area (Å²) in [7, 11) is 1.78. The van der Waals surface area contributed by atoms with Crippen molar-refractivity contribution in [1.82, 2.24) is 15.2 Å². The van der Waals surface area contributed by atoms with E-state index < -0.39 is 0 Å². The van der Waals surface area contributed by atoms with Gasteiger partial charge in [0.05, 0.1) is 0 Å². The van der Waals surface area contributed by atoms with Gasteiger partial charge in [-0.25, -0.2) is 9.78 Å². The van der Waals surface area contributed by atoms with Crippen molar-refractivity contribution in [2.24, 2.45) is 0 Å². The largest absolute Gasteiger partial charge is 0.357 e. The van der Waals surface area contributed by atoms with Gasteiger partial charge >= 0.3 is 6.03 Å². The molecular weight excluding hydrogens is 336 g/mol. The predicted octanol–water partition coefficient (Wildman–Crippen LogP) is 3.68. The number of carbonyl (C=O) groups is 1. The number of rotatable bonds is 5. The number of hydrogen-bond donors (Lipinski definition) is 1. The van der Waals surface area contributed by atoms with E-state index in [0.29, 0.717) is 18.1 Å². The van der Waals surface area contributed by atoms with E-state index in [9.17, 15) is 4.79 Å². The normalized spacial score (nSPS) is 13.8. The van der Waals surface area contributed by atoms with Gasteiger partial charge in [-0.15, -0.1) is 0 Å². The third-order valence-corrected chi connectivity index (χ3v) is 4.62. The second-order valence-corrected chi connectivity index (χ2v) is 6.79. The number of urea groups is 1. The molecule has 1 saturated heterocycles. The fourth-order valence-electron chi connectivity index (χ4n) is 2.94. The van der Waals surface area contributed by atoms with Crippen LogP contribution in [0.15, 0.2) is 42.6 Å². The number of nitrogens with zero attached hydrogens (tertiary/aromatic N) is 3. The number of hydrogen-bond acceptors (Lipinski definition) is 3. The van der Waals surface area contributed by atoms with Gasteiger partial charge < -0.3 is 15.1 Å². The van der Waals surface area contributed by atoms with Gasteiger partial charge in [-0.3, -0.25) is 0 Å².